The Morgan fingerprint density at radius 2 is 1.66 bits per heavy atom. The highest BCUT2D eigenvalue weighted by molar-refractivity contribution is 6.42. The number of ketones is 1. The first-order chi connectivity index (χ1) is 14.0. The van der Waals surface area contributed by atoms with Crippen LogP contribution >= 0.6 is 23.2 Å². The Labute approximate surface area is 178 Å². The van der Waals surface area contributed by atoms with Gasteiger partial charge >= 0.3 is 0 Å². The number of rotatable bonds is 7. The van der Waals surface area contributed by atoms with Crippen LogP contribution < -0.4 is 14.2 Å². The first kappa shape index (κ1) is 20.8. The van der Waals surface area contributed by atoms with Crippen LogP contribution in [0.2, 0.25) is 10.0 Å². The van der Waals surface area contributed by atoms with E-state index >= 15 is 0 Å². The topological polar surface area (TPSA) is 73.4 Å². The van der Waals surface area contributed by atoms with Crippen molar-refractivity contribution in [2.24, 2.45) is 0 Å². The summed E-state index contributed by atoms with van der Waals surface area (Å²) in [7, 11) is 4.50. The lowest BCUT2D eigenvalue weighted by molar-refractivity contribution is 0.104. The molecule has 0 atom stereocenters. The van der Waals surface area contributed by atoms with Gasteiger partial charge in [-0.3, -0.25) is 9.89 Å². The highest BCUT2D eigenvalue weighted by Crippen LogP contribution is 2.38. The van der Waals surface area contributed by atoms with Crippen molar-refractivity contribution in [3.8, 4) is 28.5 Å². The molecule has 0 saturated carbocycles. The minimum absolute atomic E-state index is 0.227. The number of benzene rings is 2. The molecule has 1 heterocycles. The number of hydrogen-bond donors (Lipinski definition) is 1. The van der Waals surface area contributed by atoms with Gasteiger partial charge in [0.2, 0.25) is 5.75 Å². The minimum Gasteiger partial charge on any atom is -0.493 e. The van der Waals surface area contributed by atoms with Crippen molar-refractivity contribution in [2.45, 2.75) is 0 Å². The predicted octanol–water partition coefficient (Wildman–Crippen LogP) is 5.31. The van der Waals surface area contributed by atoms with Gasteiger partial charge < -0.3 is 14.2 Å². The van der Waals surface area contributed by atoms with E-state index in [1.165, 1.54) is 27.4 Å². The molecule has 0 amide bonds. The second-order valence-corrected chi connectivity index (χ2v) is 6.76. The molecule has 0 aliphatic heterocycles. The molecule has 2 aromatic carbocycles. The molecule has 0 aliphatic rings. The SMILES string of the molecule is COc1cc(C(=O)C=Cc2cc(-c3ccc(Cl)c(Cl)c3)n[nH]2)cc(OC)c1OC. The predicted molar refractivity (Wildman–Crippen MR) is 114 cm³/mol. The molecular weight excluding hydrogens is 415 g/mol. The molecule has 150 valence electrons. The number of halogens is 2. The molecule has 8 heteroatoms. The zero-order valence-electron chi connectivity index (χ0n) is 16.0. The van der Waals surface area contributed by atoms with Crippen LogP contribution in [0.3, 0.4) is 0 Å². The van der Waals surface area contributed by atoms with Gasteiger partial charge in [0.25, 0.3) is 0 Å². The summed E-state index contributed by atoms with van der Waals surface area (Å²) >= 11 is 12.0. The van der Waals surface area contributed by atoms with Crippen LogP contribution in [0.25, 0.3) is 17.3 Å². The lowest BCUT2D eigenvalue weighted by Gasteiger charge is -2.13. The molecule has 0 aliphatic carbocycles. The summed E-state index contributed by atoms with van der Waals surface area (Å²) < 4.78 is 15.8. The second-order valence-electron chi connectivity index (χ2n) is 5.95. The van der Waals surface area contributed by atoms with Crippen LogP contribution in [0.15, 0.2) is 42.5 Å². The molecule has 0 bridgehead atoms. The maximum absolute atomic E-state index is 12.6. The van der Waals surface area contributed by atoms with Gasteiger partial charge in [-0.1, -0.05) is 29.3 Å². The van der Waals surface area contributed by atoms with E-state index in [0.717, 1.165) is 5.56 Å². The number of ether oxygens (including phenoxy) is 3. The van der Waals surface area contributed by atoms with Crippen LogP contribution in [0.1, 0.15) is 16.1 Å². The molecule has 29 heavy (non-hydrogen) atoms. The number of aromatic nitrogens is 2. The van der Waals surface area contributed by atoms with E-state index in [4.69, 9.17) is 37.4 Å². The molecule has 1 aromatic heterocycles. The van der Waals surface area contributed by atoms with Crippen molar-refractivity contribution < 1.29 is 19.0 Å². The molecule has 0 saturated heterocycles. The number of aromatic amines is 1. The number of carbonyl (C=O) groups is 1. The van der Waals surface area contributed by atoms with Crippen molar-refractivity contribution in [1.82, 2.24) is 10.2 Å². The van der Waals surface area contributed by atoms with Gasteiger partial charge in [-0.15, -0.1) is 0 Å². The third kappa shape index (κ3) is 4.55. The molecule has 0 unspecified atom stereocenters. The van der Waals surface area contributed by atoms with Crippen molar-refractivity contribution in [2.75, 3.05) is 21.3 Å². The van der Waals surface area contributed by atoms with Crippen molar-refractivity contribution in [3.63, 3.8) is 0 Å². The fourth-order valence-corrected chi connectivity index (χ4v) is 3.01. The molecule has 1 N–H and O–H groups in total. The van der Waals surface area contributed by atoms with E-state index in [2.05, 4.69) is 10.2 Å². The minimum atomic E-state index is -0.227. The lowest BCUT2D eigenvalue weighted by Crippen LogP contribution is -2.00. The fourth-order valence-electron chi connectivity index (χ4n) is 2.71. The Balaban J connectivity index is 1.82. The van der Waals surface area contributed by atoms with Gasteiger partial charge in [-0.25, -0.2) is 0 Å². The number of allylic oxidation sites excluding steroid dienone is 1. The van der Waals surface area contributed by atoms with Gasteiger partial charge in [-0.2, -0.15) is 5.10 Å². The van der Waals surface area contributed by atoms with Crippen molar-refractivity contribution >= 4 is 35.1 Å². The lowest BCUT2D eigenvalue weighted by atomic mass is 10.1. The van der Waals surface area contributed by atoms with E-state index in [9.17, 15) is 4.79 Å². The van der Waals surface area contributed by atoms with E-state index < -0.39 is 0 Å². The van der Waals surface area contributed by atoms with Crippen molar-refractivity contribution in [3.05, 3.63) is 63.8 Å². The quantitative estimate of drug-likeness (QED) is 0.404. The zero-order chi connectivity index (χ0) is 21.0. The molecule has 6 nitrogen and oxygen atoms in total. The van der Waals surface area contributed by atoms with Crippen LogP contribution in [-0.4, -0.2) is 37.3 Å². The Hall–Kier alpha value is -2.96. The Morgan fingerprint density at radius 1 is 0.966 bits per heavy atom. The van der Waals surface area contributed by atoms with E-state index in [1.54, 1.807) is 36.4 Å². The zero-order valence-corrected chi connectivity index (χ0v) is 17.5. The molecule has 3 rings (SSSR count). The van der Waals surface area contributed by atoms with Crippen LogP contribution in [-0.2, 0) is 0 Å². The van der Waals surface area contributed by atoms with Gasteiger partial charge in [0, 0.05) is 11.1 Å². The summed E-state index contributed by atoms with van der Waals surface area (Å²) in [4.78, 5) is 12.6. The molecule has 3 aromatic rings. The Bertz CT molecular complexity index is 1050. The normalized spacial score (nSPS) is 10.9. The fraction of sp³-hybridized carbons (Fsp3) is 0.143. The standard InChI is InChI=1S/C21H18Cl2N2O4/c1-27-19-9-13(10-20(28-2)21(19)29-3)18(26)7-5-14-11-17(25-24-14)12-4-6-15(22)16(23)8-12/h4-11H,1-3H3,(H,24,25). The average Bonchev–Trinajstić information content (AvgIpc) is 3.21. The van der Waals surface area contributed by atoms with Crippen LogP contribution in [0, 0.1) is 0 Å². The third-order valence-corrected chi connectivity index (χ3v) is 4.92. The monoisotopic (exact) mass is 432 g/mol. The van der Waals surface area contributed by atoms with Crippen LogP contribution in [0.4, 0.5) is 0 Å². The number of carbonyl (C=O) groups excluding carboxylic acids is 1. The largest absolute Gasteiger partial charge is 0.493 e. The first-order valence-electron chi connectivity index (χ1n) is 8.50. The average molecular weight is 433 g/mol. The summed E-state index contributed by atoms with van der Waals surface area (Å²) in [5.74, 6) is 1.02. The molecule has 0 fully saturated rings. The van der Waals surface area contributed by atoms with E-state index in [1.807, 2.05) is 6.07 Å². The highest BCUT2D eigenvalue weighted by Gasteiger charge is 2.16. The second kappa shape index (κ2) is 9.03. The summed E-state index contributed by atoms with van der Waals surface area (Å²) in [6, 6.07) is 10.3. The number of hydrogen-bond acceptors (Lipinski definition) is 5. The molecule has 0 radical (unpaired) electrons. The maximum Gasteiger partial charge on any atom is 0.203 e. The summed E-state index contributed by atoms with van der Waals surface area (Å²) in [5, 5.41) is 8.03. The smallest absolute Gasteiger partial charge is 0.203 e. The summed E-state index contributed by atoms with van der Waals surface area (Å²) in [6.07, 6.45) is 3.08. The summed E-state index contributed by atoms with van der Waals surface area (Å²) in [6.45, 7) is 0. The van der Waals surface area contributed by atoms with Crippen LogP contribution in [0.5, 0.6) is 17.2 Å². The Morgan fingerprint density at radius 3 is 2.24 bits per heavy atom. The highest BCUT2D eigenvalue weighted by atomic mass is 35.5. The van der Waals surface area contributed by atoms with E-state index in [-0.39, 0.29) is 5.78 Å². The Kier molecular flexibility index (Phi) is 6.46. The first-order valence-corrected chi connectivity index (χ1v) is 9.25. The number of nitrogens with one attached hydrogen (secondary N) is 1. The molecular formula is C21H18Cl2N2O4. The van der Waals surface area contributed by atoms with Gasteiger partial charge in [0.1, 0.15) is 0 Å². The third-order valence-electron chi connectivity index (χ3n) is 4.18. The number of H-pyrrole nitrogens is 1. The van der Waals surface area contributed by atoms with Gasteiger partial charge in [0.05, 0.1) is 42.8 Å². The van der Waals surface area contributed by atoms with Crippen molar-refractivity contribution in [1.29, 1.82) is 0 Å². The maximum atomic E-state index is 12.6. The number of methoxy groups -OCH3 is 3. The summed E-state index contributed by atoms with van der Waals surface area (Å²) in [5.41, 5.74) is 2.56. The van der Waals surface area contributed by atoms with E-state index in [0.29, 0.717) is 44.2 Å². The molecule has 0 spiro atoms. The number of nitrogens with zero attached hydrogens (tertiary/aromatic N) is 1. The van der Waals surface area contributed by atoms with Gasteiger partial charge in [-0.05, 0) is 42.5 Å². The van der Waals surface area contributed by atoms with Gasteiger partial charge in [0.15, 0.2) is 17.3 Å².